The van der Waals surface area contributed by atoms with Gasteiger partial charge in [-0.25, -0.2) is 0 Å². The molecule has 0 saturated heterocycles. The lowest BCUT2D eigenvalue weighted by atomic mass is 9.88. The van der Waals surface area contributed by atoms with Crippen LogP contribution < -0.4 is 95.4 Å². The van der Waals surface area contributed by atoms with Crippen molar-refractivity contribution < 1.29 is 86.3 Å². The van der Waals surface area contributed by atoms with E-state index < -0.39 is 179 Å². The summed E-state index contributed by atoms with van der Waals surface area (Å²) in [6.45, 7) is 5.20. The molecule has 0 aliphatic heterocycles. The van der Waals surface area contributed by atoms with Crippen molar-refractivity contribution in [3.8, 4) is 0 Å². The quantitative estimate of drug-likeness (QED) is 0.0271. The van der Waals surface area contributed by atoms with Gasteiger partial charge >= 0.3 is 0 Å². The number of hydrogen-bond acceptors (Lipinski definition) is 23. The molecular formula is C63H111N17O18. The number of hydrogen-bond donors (Lipinski definition) is 17. The largest absolute Gasteiger partial charge is 0.370 e. The Kier molecular flexibility index (Phi) is 48.2. The van der Waals surface area contributed by atoms with Crippen LogP contribution in [0, 0.1) is 29.6 Å². The molecular weight excluding hydrogens is 1280 g/mol. The van der Waals surface area contributed by atoms with Crippen LogP contribution >= 0.6 is 0 Å². The molecule has 0 fully saturated rings. The van der Waals surface area contributed by atoms with Crippen LogP contribution in [0.1, 0.15) is 194 Å². The molecule has 0 heterocycles. The molecule has 0 spiro atoms. The zero-order valence-corrected chi connectivity index (χ0v) is 57.0. The predicted octanol–water partition coefficient (Wildman–Crippen LogP) is -4.96. The van der Waals surface area contributed by atoms with Gasteiger partial charge in [-0.3, -0.25) is 81.5 Å². The maximum Gasteiger partial charge on any atom is 0.224 e. The Labute approximate surface area is 571 Å². The summed E-state index contributed by atoms with van der Waals surface area (Å²) >= 11 is 0. The highest BCUT2D eigenvalue weighted by Gasteiger charge is 2.36. The molecule has 29 N–H and O–H groups in total. The summed E-state index contributed by atoms with van der Waals surface area (Å²) in [5.41, 5.74) is 65.2. The molecule has 35 heteroatoms. The lowest BCUT2D eigenvalue weighted by molar-refractivity contribution is -0.136. The highest BCUT2D eigenvalue weighted by Crippen LogP contribution is 2.23. The van der Waals surface area contributed by atoms with Gasteiger partial charge in [0.1, 0.15) is 11.6 Å². The van der Waals surface area contributed by atoms with Gasteiger partial charge in [0.2, 0.25) is 70.9 Å². The van der Waals surface area contributed by atoms with Gasteiger partial charge in [-0.15, -0.1) is 0 Å². The summed E-state index contributed by atoms with van der Waals surface area (Å²) in [4.78, 5) is 224. The zero-order chi connectivity index (χ0) is 75.2. The van der Waals surface area contributed by atoms with Gasteiger partial charge in [-0.1, -0.05) is 0 Å². The van der Waals surface area contributed by atoms with Crippen LogP contribution in [0.5, 0.6) is 0 Å². The minimum absolute atomic E-state index is 0.0138. The van der Waals surface area contributed by atoms with Crippen molar-refractivity contribution in [1.29, 1.82) is 0 Å². The number of carbonyl (C=O) groups excluding carboxylic acids is 18. The third kappa shape index (κ3) is 43.6. The Hall–Kier alpha value is -8.54. The lowest BCUT2D eigenvalue weighted by Crippen LogP contribution is -2.48. The van der Waals surface area contributed by atoms with Crippen LogP contribution in [0.4, 0.5) is 0 Å². The van der Waals surface area contributed by atoms with Crippen molar-refractivity contribution in [3.63, 3.8) is 0 Å². The van der Waals surface area contributed by atoms with Gasteiger partial charge < -0.3 is 100 Å². The molecule has 12 amide bonds. The molecule has 0 aliphatic carbocycles. The topological polar surface area (TPSA) is 680 Å². The van der Waals surface area contributed by atoms with Crippen molar-refractivity contribution in [2.75, 3.05) is 26.2 Å². The molecule has 0 aromatic carbocycles. The van der Waals surface area contributed by atoms with E-state index in [-0.39, 0.29) is 160 Å². The third-order valence-electron chi connectivity index (χ3n) is 15.9. The van der Waals surface area contributed by atoms with E-state index in [1.165, 1.54) is 13.8 Å². The fraction of sp³-hybridized carbons (Fsp3) is 0.714. The van der Waals surface area contributed by atoms with Crippen LogP contribution in [-0.2, 0) is 86.3 Å². The molecule has 556 valence electrons. The average Bonchev–Trinajstić information content (AvgIpc) is 0.877. The van der Waals surface area contributed by atoms with Crippen molar-refractivity contribution in [2.45, 2.75) is 230 Å². The molecule has 0 unspecified atom stereocenters. The Morgan fingerprint density at radius 3 is 0.786 bits per heavy atom. The zero-order valence-electron chi connectivity index (χ0n) is 57.0. The van der Waals surface area contributed by atoms with E-state index in [0.717, 1.165) is 0 Å². The second-order valence-electron chi connectivity index (χ2n) is 24.7. The smallest absolute Gasteiger partial charge is 0.224 e. The Balaban J connectivity index is 0. The molecule has 0 rings (SSSR count). The van der Waals surface area contributed by atoms with E-state index in [9.17, 15) is 86.3 Å². The van der Waals surface area contributed by atoms with Crippen LogP contribution in [0.2, 0.25) is 0 Å². The molecule has 0 aromatic heterocycles. The van der Waals surface area contributed by atoms with Gasteiger partial charge in [0, 0.05) is 113 Å². The summed E-state index contributed by atoms with van der Waals surface area (Å²) in [5.74, 6) is -16.5. The number of nitrogens with two attached hydrogens (primary N) is 12. The average molecular weight is 1390 g/mol. The SMILES string of the molecule is CC(=O)C[C@@H](CCC(N)=O)C(=O)N[C@@H](CCCN)C(=O)C[C@@H](CCC(N)=O)C(=O)N[C@@H](CCC(N)=O)C(C)=O.C[C@H](CCCN)NC(=O)[C@H](CCC(N)=O)CC(=O)[C@H](CCCN)NC(=O)[C@H](CCC(N)=O)CC(=O)[C@H](CCCN)NC(=O)[C@H](CCC(N)=O)CC(=O)[C@@H](N)CCC(N)=O. The monoisotopic (exact) mass is 1390 g/mol. The van der Waals surface area contributed by atoms with Crippen molar-refractivity contribution >= 4 is 106 Å². The Morgan fingerprint density at radius 2 is 0.520 bits per heavy atom. The van der Waals surface area contributed by atoms with Crippen molar-refractivity contribution in [2.24, 2.45) is 98.4 Å². The van der Waals surface area contributed by atoms with Gasteiger partial charge in [0.05, 0.1) is 30.2 Å². The first-order valence-corrected chi connectivity index (χ1v) is 33.1. The number of Topliss-reactive ketones (excluding diaryl/α,β-unsaturated/α-hetero) is 6. The molecule has 0 bridgehead atoms. The lowest BCUT2D eigenvalue weighted by Gasteiger charge is -2.26. The summed E-state index contributed by atoms with van der Waals surface area (Å²) in [7, 11) is 0. The fourth-order valence-electron chi connectivity index (χ4n) is 10.2. The number of ketones is 6. The van der Waals surface area contributed by atoms with E-state index >= 15 is 0 Å². The Bertz CT molecular complexity index is 2700. The molecule has 0 saturated carbocycles. The summed E-state index contributed by atoms with van der Waals surface area (Å²) < 4.78 is 0. The highest BCUT2D eigenvalue weighted by atomic mass is 16.2. The van der Waals surface area contributed by atoms with Gasteiger partial charge in [0.15, 0.2) is 23.1 Å². The number of primary amides is 7. The maximum atomic E-state index is 13.9. The van der Waals surface area contributed by atoms with Crippen molar-refractivity contribution in [1.82, 2.24) is 26.6 Å². The van der Waals surface area contributed by atoms with E-state index in [0.29, 0.717) is 32.2 Å². The van der Waals surface area contributed by atoms with Crippen LogP contribution in [-0.4, -0.2) is 168 Å². The third-order valence-corrected chi connectivity index (χ3v) is 15.9. The second-order valence-corrected chi connectivity index (χ2v) is 24.7. The second kappa shape index (κ2) is 51.6. The summed E-state index contributed by atoms with van der Waals surface area (Å²) in [6, 6.07) is -5.88. The first kappa shape index (κ1) is 91.5. The van der Waals surface area contributed by atoms with E-state index in [4.69, 9.17) is 68.8 Å². The number of nitrogens with one attached hydrogen (secondary N) is 5. The van der Waals surface area contributed by atoms with Crippen LogP contribution in [0.15, 0.2) is 0 Å². The van der Waals surface area contributed by atoms with Gasteiger partial charge in [0.25, 0.3) is 0 Å². The predicted molar refractivity (Wildman–Crippen MR) is 357 cm³/mol. The molecule has 0 aliphatic rings. The summed E-state index contributed by atoms with van der Waals surface area (Å²) in [6.07, 6.45) is -1.49. The van der Waals surface area contributed by atoms with Crippen LogP contribution in [0.25, 0.3) is 0 Å². The van der Waals surface area contributed by atoms with Gasteiger partial charge in [-0.2, -0.15) is 0 Å². The normalized spacial score (nSPS) is 14.3. The van der Waals surface area contributed by atoms with Crippen molar-refractivity contribution in [3.05, 3.63) is 0 Å². The standard InChI is InChI=1S/C38H69N11O10.C25H42N6O8/c1-22(5-2-16-39)47-36(57)24(9-13-33(44)54)20-30(51)27(6-3-17-40)49-38(59)25(10-14-34(45)55)21-31(52)28(7-4-18-41)48-37(58)23(8-12-32(43)53)19-29(50)26(42)11-15-35(46)56;1-14(32)12-16(5-8-21(27)35)24(38)31-19(4-3-11-26)20(34)13-17(6-9-22(28)36)25(39)30-18(15(2)33)7-10-23(29)37/h22-28H,2-21,39-42H2,1H3,(H2,43,53)(H2,44,54)(H2,45,55)(H2,46,56)(H,47,57)(H,48,58)(H,49,59);16-19H,3-13,26H2,1-2H3,(H2,27,35)(H2,28,36)(H2,29,37)(H,30,39)(H,31,38)/t22-,23-,24-,25-,26+,27+,28+;16-,17-,18+,19+/m11/s1. The van der Waals surface area contributed by atoms with E-state index in [1.807, 2.05) is 0 Å². The fourth-order valence-corrected chi connectivity index (χ4v) is 10.2. The van der Waals surface area contributed by atoms with E-state index in [1.54, 1.807) is 6.92 Å². The minimum Gasteiger partial charge on any atom is -0.370 e. The number of carbonyl (C=O) groups is 18. The highest BCUT2D eigenvalue weighted by molar-refractivity contribution is 5.98. The molecule has 98 heavy (non-hydrogen) atoms. The molecule has 11 atom stereocenters. The summed E-state index contributed by atoms with van der Waals surface area (Å²) in [5, 5.41) is 13.2. The van der Waals surface area contributed by atoms with Crippen LogP contribution in [0.3, 0.4) is 0 Å². The van der Waals surface area contributed by atoms with E-state index in [2.05, 4.69) is 26.6 Å². The molecule has 0 aromatic rings. The van der Waals surface area contributed by atoms with Gasteiger partial charge in [-0.05, 0) is 143 Å². The number of amides is 12. The minimum atomic E-state index is -1.23. The molecule has 0 radical (unpaired) electrons. The molecule has 35 nitrogen and oxygen atoms in total. The Morgan fingerprint density at radius 1 is 0.286 bits per heavy atom. The first-order valence-electron chi connectivity index (χ1n) is 33.1. The first-order chi connectivity index (χ1) is 45.9. The number of rotatable bonds is 58. The maximum absolute atomic E-state index is 13.9.